The predicted molar refractivity (Wildman–Crippen MR) is 65.1 cm³/mol. The van der Waals surface area contributed by atoms with Crippen LogP contribution in [0.1, 0.15) is 40.0 Å². The first-order valence-corrected chi connectivity index (χ1v) is 7.47. The van der Waals surface area contributed by atoms with Crippen molar-refractivity contribution in [2.24, 2.45) is 5.73 Å². The van der Waals surface area contributed by atoms with Gasteiger partial charge in [-0.25, -0.2) is 8.42 Å². The van der Waals surface area contributed by atoms with Crippen LogP contribution in [0.15, 0.2) is 0 Å². The maximum Gasteiger partial charge on any atom is 0.157 e. The highest BCUT2D eigenvalue weighted by Gasteiger charge is 2.29. The first-order valence-electron chi connectivity index (χ1n) is 5.82. The number of hydrogen-bond acceptors (Lipinski definition) is 4. The van der Waals surface area contributed by atoms with Crippen LogP contribution >= 0.6 is 0 Å². The van der Waals surface area contributed by atoms with Gasteiger partial charge in [0.15, 0.2) is 9.84 Å². The van der Waals surface area contributed by atoms with E-state index in [-0.39, 0.29) is 24.5 Å². The summed E-state index contributed by atoms with van der Waals surface area (Å²) in [6.07, 6.45) is 2.95. The Morgan fingerprint density at radius 1 is 1.31 bits per heavy atom. The Kier molecular flexibility index (Phi) is 4.37. The van der Waals surface area contributed by atoms with Crippen LogP contribution in [-0.2, 0) is 14.6 Å². The second-order valence-electron chi connectivity index (χ2n) is 5.50. The Morgan fingerprint density at radius 3 is 2.38 bits per heavy atom. The van der Waals surface area contributed by atoms with Crippen LogP contribution in [0.4, 0.5) is 0 Å². The third-order valence-electron chi connectivity index (χ3n) is 3.06. The zero-order chi connectivity index (χ0) is 12.4. The normalized spacial score (nSPS) is 27.2. The maximum absolute atomic E-state index is 11.8. The van der Waals surface area contributed by atoms with Gasteiger partial charge in [0.05, 0.1) is 23.2 Å². The molecule has 0 aromatic heterocycles. The quantitative estimate of drug-likeness (QED) is 0.810. The fourth-order valence-electron chi connectivity index (χ4n) is 1.76. The molecule has 16 heavy (non-hydrogen) atoms. The largest absolute Gasteiger partial charge is 0.377 e. The molecule has 2 N–H and O–H groups in total. The van der Waals surface area contributed by atoms with E-state index in [2.05, 4.69) is 0 Å². The minimum absolute atomic E-state index is 0.0994. The summed E-state index contributed by atoms with van der Waals surface area (Å²) in [6, 6.07) is 0.226. The predicted octanol–water partition coefficient (Wildman–Crippen LogP) is 1.10. The molecule has 2 atom stereocenters. The number of ether oxygens (including phenoxy) is 1. The SMILES string of the molecule is CC(C)(C)S(=O)(=O)CCOC1CCC(N)C1. The van der Waals surface area contributed by atoms with E-state index in [9.17, 15) is 8.42 Å². The van der Waals surface area contributed by atoms with Crippen molar-refractivity contribution in [3.63, 3.8) is 0 Å². The molecule has 0 aliphatic heterocycles. The first-order chi connectivity index (χ1) is 7.22. The van der Waals surface area contributed by atoms with E-state index in [0.29, 0.717) is 0 Å². The van der Waals surface area contributed by atoms with E-state index >= 15 is 0 Å². The van der Waals surface area contributed by atoms with Crippen molar-refractivity contribution in [3.8, 4) is 0 Å². The lowest BCUT2D eigenvalue weighted by Crippen LogP contribution is -2.32. The Hall–Kier alpha value is -0.130. The van der Waals surface area contributed by atoms with E-state index in [0.717, 1.165) is 19.3 Å². The van der Waals surface area contributed by atoms with Gasteiger partial charge in [-0.1, -0.05) is 0 Å². The van der Waals surface area contributed by atoms with Crippen molar-refractivity contribution in [3.05, 3.63) is 0 Å². The van der Waals surface area contributed by atoms with Crippen LogP contribution in [0.2, 0.25) is 0 Å². The average molecular weight is 249 g/mol. The Labute approximate surface area is 98.5 Å². The van der Waals surface area contributed by atoms with Gasteiger partial charge in [0.25, 0.3) is 0 Å². The molecule has 2 unspecified atom stereocenters. The molecule has 1 saturated carbocycles. The molecule has 0 amide bonds. The molecule has 0 aromatic carbocycles. The first kappa shape index (κ1) is 13.9. The third kappa shape index (κ3) is 3.71. The summed E-state index contributed by atoms with van der Waals surface area (Å²) >= 11 is 0. The molecular formula is C11H23NO3S. The highest BCUT2D eigenvalue weighted by Crippen LogP contribution is 2.21. The molecule has 0 saturated heterocycles. The number of hydrogen-bond donors (Lipinski definition) is 1. The Morgan fingerprint density at radius 2 is 1.94 bits per heavy atom. The molecule has 1 rings (SSSR count). The minimum atomic E-state index is -3.06. The van der Waals surface area contributed by atoms with E-state index in [1.807, 2.05) is 0 Å². The van der Waals surface area contributed by atoms with Crippen molar-refractivity contribution in [1.29, 1.82) is 0 Å². The van der Waals surface area contributed by atoms with Crippen molar-refractivity contribution in [2.45, 2.75) is 56.9 Å². The van der Waals surface area contributed by atoms with Crippen molar-refractivity contribution >= 4 is 9.84 Å². The summed E-state index contributed by atoms with van der Waals surface area (Å²) in [5, 5.41) is 0. The van der Waals surface area contributed by atoms with Gasteiger partial charge in [-0.05, 0) is 40.0 Å². The van der Waals surface area contributed by atoms with Crippen molar-refractivity contribution in [2.75, 3.05) is 12.4 Å². The molecule has 0 heterocycles. The molecule has 0 radical (unpaired) electrons. The van der Waals surface area contributed by atoms with Gasteiger partial charge in [0.2, 0.25) is 0 Å². The summed E-state index contributed by atoms with van der Waals surface area (Å²) in [5.74, 6) is 0.0994. The Bertz CT molecular complexity index is 319. The smallest absolute Gasteiger partial charge is 0.157 e. The van der Waals surface area contributed by atoms with Crippen LogP contribution in [0.25, 0.3) is 0 Å². The standard InChI is InChI=1S/C11H23NO3S/c1-11(2,3)16(13,14)7-6-15-10-5-4-9(12)8-10/h9-10H,4-8,12H2,1-3H3. The molecule has 0 bridgehead atoms. The summed E-state index contributed by atoms with van der Waals surface area (Å²) in [6.45, 7) is 5.44. The van der Waals surface area contributed by atoms with Gasteiger partial charge in [-0.2, -0.15) is 0 Å². The van der Waals surface area contributed by atoms with Gasteiger partial charge >= 0.3 is 0 Å². The second-order valence-corrected chi connectivity index (χ2v) is 8.36. The van der Waals surface area contributed by atoms with Gasteiger partial charge in [0, 0.05) is 6.04 Å². The van der Waals surface area contributed by atoms with Crippen molar-refractivity contribution < 1.29 is 13.2 Å². The topological polar surface area (TPSA) is 69.4 Å². The molecule has 1 fully saturated rings. The zero-order valence-corrected chi connectivity index (χ0v) is 11.2. The molecule has 4 nitrogen and oxygen atoms in total. The van der Waals surface area contributed by atoms with E-state index in [4.69, 9.17) is 10.5 Å². The minimum Gasteiger partial charge on any atom is -0.377 e. The molecular weight excluding hydrogens is 226 g/mol. The fraction of sp³-hybridized carbons (Fsp3) is 1.00. The third-order valence-corrected chi connectivity index (χ3v) is 5.63. The van der Waals surface area contributed by atoms with E-state index in [1.54, 1.807) is 20.8 Å². The molecule has 1 aliphatic rings. The maximum atomic E-state index is 11.8. The van der Waals surface area contributed by atoms with Crippen LogP contribution in [-0.4, -0.2) is 37.7 Å². The fourth-order valence-corrected chi connectivity index (χ4v) is 2.68. The summed E-state index contributed by atoms with van der Waals surface area (Å²) in [5.41, 5.74) is 5.75. The molecule has 1 aliphatic carbocycles. The van der Waals surface area contributed by atoms with Gasteiger partial charge in [0.1, 0.15) is 0 Å². The van der Waals surface area contributed by atoms with Crippen molar-refractivity contribution in [1.82, 2.24) is 0 Å². The molecule has 0 aromatic rings. The summed E-state index contributed by atoms with van der Waals surface area (Å²) in [4.78, 5) is 0. The lowest BCUT2D eigenvalue weighted by atomic mass is 10.3. The number of sulfone groups is 1. The molecule has 96 valence electrons. The van der Waals surface area contributed by atoms with E-state index < -0.39 is 14.6 Å². The molecule has 0 spiro atoms. The highest BCUT2D eigenvalue weighted by atomic mass is 32.2. The highest BCUT2D eigenvalue weighted by molar-refractivity contribution is 7.92. The Balaban J connectivity index is 2.31. The van der Waals surface area contributed by atoms with Crippen LogP contribution in [0, 0.1) is 0 Å². The zero-order valence-electron chi connectivity index (χ0n) is 10.4. The van der Waals surface area contributed by atoms with Crippen LogP contribution in [0.5, 0.6) is 0 Å². The average Bonchev–Trinajstić information content (AvgIpc) is 2.49. The van der Waals surface area contributed by atoms with E-state index in [1.165, 1.54) is 0 Å². The monoisotopic (exact) mass is 249 g/mol. The van der Waals surface area contributed by atoms with Gasteiger partial charge in [-0.3, -0.25) is 0 Å². The molecule has 5 heteroatoms. The van der Waals surface area contributed by atoms with Crippen LogP contribution < -0.4 is 5.73 Å². The lowest BCUT2D eigenvalue weighted by Gasteiger charge is -2.20. The number of nitrogens with two attached hydrogens (primary N) is 1. The second kappa shape index (κ2) is 5.02. The van der Waals surface area contributed by atoms with Crippen LogP contribution in [0.3, 0.4) is 0 Å². The summed E-state index contributed by atoms with van der Waals surface area (Å²) < 4.78 is 28.4. The lowest BCUT2D eigenvalue weighted by molar-refractivity contribution is 0.0686. The van der Waals surface area contributed by atoms with Gasteiger partial charge < -0.3 is 10.5 Å². The summed E-state index contributed by atoms with van der Waals surface area (Å²) in [7, 11) is -3.06. The number of rotatable bonds is 4. The van der Waals surface area contributed by atoms with Gasteiger partial charge in [-0.15, -0.1) is 0 Å².